The third kappa shape index (κ3) is 3.39. The summed E-state index contributed by atoms with van der Waals surface area (Å²) in [6.45, 7) is 9.99. The molecule has 2 aliphatic rings. The third-order valence-corrected chi connectivity index (χ3v) is 5.05. The maximum absolute atomic E-state index is 4.89. The topological polar surface area (TPSA) is 28.2 Å². The molecule has 0 radical (unpaired) electrons. The van der Waals surface area contributed by atoms with Crippen LogP contribution in [0.1, 0.15) is 51.3 Å². The average molecular weight is 287 g/mol. The van der Waals surface area contributed by atoms with Crippen molar-refractivity contribution in [3.63, 3.8) is 0 Å². The summed E-state index contributed by atoms with van der Waals surface area (Å²) >= 11 is 0. The van der Waals surface area contributed by atoms with E-state index >= 15 is 0 Å². The molecule has 2 atom stereocenters. The molecule has 0 aromatic carbocycles. The standard InChI is InChI=1S/C18H29N3/c1-4-17-8-14(10-19-13(2)3)9-18(20-17)21-11-15-6-5-7-16(15)12-21/h8-9,13,15-16,19H,4-7,10-12H2,1-3H3. The first-order valence-corrected chi connectivity index (χ1v) is 8.64. The fourth-order valence-electron chi connectivity index (χ4n) is 3.82. The van der Waals surface area contributed by atoms with E-state index in [0.29, 0.717) is 6.04 Å². The van der Waals surface area contributed by atoms with E-state index in [1.165, 1.54) is 49.4 Å². The van der Waals surface area contributed by atoms with Crippen LogP contribution in [0.2, 0.25) is 0 Å². The zero-order valence-corrected chi connectivity index (χ0v) is 13.7. The molecule has 3 rings (SSSR count). The highest BCUT2D eigenvalue weighted by molar-refractivity contribution is 5.44. The van der Waals surface area contributed by atoms with Gasteiger partial charge in [0.15, 0.2) is 0 Å². The van der Waals surface area contributed by atoms with E-state index in [0.717, 1.165) is 24.8 Å². The van der Waals surface area contributed by atoms with Crippen molar-refractivity contribution in [1.82, 2.24) is 10.3 Å². The molecule has 116 valence electrons. The van der Waals surface area contributed by atoms with Crippen LogP contribution in [0, 0.1) is 11.8 Å². The average Bonchev–Trinajstić information content (AvgIpc) is 3.06. The molecule has 3 nitrogen and oxygen atoms in total. The quantitative estimate of drug-likeness (QED) is 0.900. The Kier molecular flexibility index (Phi) is 4.48. The third-order valence-electron chi connectivity index (χ3n) is 5.05. The number of pyridine rings is 1. The predicted molar refractivity (Wildman–Crippen MR) is 88.6 cm³/mol. The lowest BCUT2D eigenvalue weighted by molar-refractivity contribution is 0.494. The second kappa shape index (κ2) is 6.35. The molecule has 21 heavy (non-hydrogen) atoms. The predicted octanol–water partition coefficient (Wildman–Crippen LogP) is 3.38. The number of rotatable bonds is 5. The van der Waals surface area contributed by atoms with Gasteiger partial charge in [0.2, 0.25) is 0 Å². The van der Waals surface area contributed by atoms with Gasteiger partial charge in [-0.1, -0.05) is 27.2 Å². The highest BCUT2D eigenvalue weighted by atomic mass is 15.2. The molecule has 2 unspecified atom stereocenters. The van der Waals surface area contributed by atoms with Gasteiger partial charge in [0.1, 0.15) is 5.82 Å². The Hall–Kier alpha value is -1.09. The van der Waals surface area contributed by atoms with Crippen LogP contribution in [0.4, 0.5) is 5.82 Å². The van der Waals surface area contributed by atoms with Gasteiger partial charge in [-0.15, -0.1) is 0 Å². The lowest BCUT2D eigenvalue weighted by Gasteiger charge is -2.20. The Bertz CT molecular complexity index is 471. The number of anilines is 1. The lowest BCUT2D eigenvalue weighted by Crippen LogP contribution is -2.24. The van der Waals surface area contributed by atoms with Gasteiger partial charge in [0.05, 0.1) is 0 Å². The second-order valence-electron chi connectivity index (χ2n) is 7.07. The fourth-order valence-corrected chi connectivity index (χ4v) is 3.82. The minimum Gasteiger partial charge on any atom is -0.356 e. The zero-order valence-electron chi connectivity index (χ0n) is 13.7. The fraction of sp³-hybridized carbons (Fsp3) is 0.722. The molecule has 1 N–H and O–H groups in total. The number of nitrogens with one attached hydrogen (secondary N) is 1. The van der Waals surface area contributed by atoms with E-state index in [4.69, 9.17) is 4.98 Å². The van der Waals surface area contributed by atoms with Crippen molar-refractivity contribution in [3.05, 3.63) is 23.4 Å². The summed E-state index contributed by atoms with van der Waals surface area (Å²) in [5.41, 5.74) is 2.60. The number of nitrogens with zero attached hydrogens (tertiary/aromatic N) is 2. The monoisotopic (exact) mass is 287 g/mol. The first-order chi connectivity index (χ1) is 10.2. The molecule has 1 saturated heterocycles. The van der Waals surface area contributed by atoms with Gasteiger partial charge in [-0.2, -0.15) is 0 Å². The normalized spacial score (nSPS) is 24.9. The van der Waals surface area contributed by atoms with Crippen LogP contribution >= 0.6 is 0 Å². The van der Waals surface area contributed by atoms with Crippen molar-refractivity contribution >= 4 is 5.82 Å². The number of fused-ring (bicyclic) bond motifs is 1. The largest absolute Gasteiger partial charge is 0.356 e. The Labute approximate surface area is 129 Å². The molecular weight excluding hydrogens is 258 g/mol. The van der Waals surface area contributed by atoms with Crippen LogP contribution in [-0.2, 0) is 13.0 Å². The van der Waals surface area contributed by atoms with E-state index in [9.17, 15) is 0 Å². The molecule has 1 aromatic rings. The van der Waals surface area contributed by atoms with Gasteiger partial charge in [0.25, 0.3) is 0 Å². The molecule has 1 saturated carbocycles. The molecule has 3 heteroatoms. The highest BCUT2D eigenvalue weighted by Gasteiger charge is 2.36. The minimum atomic E-state index is 0.526. The summed E-state index contributed by atoms with van der Waals surface area (Å²) in [5.74, 6) is 3.06. The molecule has 2 fully saturated rings. The summed E-state index contributed by atoms with van der Waals surface area (Å²) in [6.07, 6.45) is 5.31. The van der Waals surface area contributed by atoms with Gasteiger partial charge < -0.3 is 10.2 Å². The van der Waals surface area contributed by atoms with Gasteiger partial charge in [-0.05, 0) is 48.8 Å². The van der Waals surface area contributed by atoms with Crippen molar-refractivity contribution in [2.45, 2.75) is 59.0 Å². The Morgan fingerprint density at radius 2 is 1.95 bits per heavy atom. The number of hydrogen-bond acceptors (Lipinski definition) is 3. The Morgan fingerprint density at radius 1 is 1.24 bits per heavy atom. The van der Waals surface area contributed by atoms with Crippen molar-refractivity contribution < 1.29 is 0 Å². The summed E-state index contributed by atoms with van der Waals surface area (Å²) in [6, 6.07) is 5.09. The number of aromatic nitrogens is 1. The molecule has 2 heterocycles. The van der Waals surface area contributed by atoms with E-state index in [1.54, 1.807) is 0 Å². The molecule has 1 aromatic heterocycles. The highest BCUT2D eigenvalue weighted by Crippen LogP contribution is 2.39. The van der Waals surface area contributed by atoms with Crippen LogP contribution in [0.25, 0.3) is 0 Å². The van der Waals surface area contributed by atoms with Gasteiger partial charge in [-0.25, -0.2) is 4.98 Å². The molecule has 1 aliphatic heterocycles. The molecule has 0 amide bonds. The zero-order chi connectivity index (χ0) is 14.8. The number of hydrogen-bond donors (Lipinski definition) is 1. The van der Waals surface area contributed by atoms with Gasteiger partial charge >= 0.3 is 0 Å². The van der Waals surface area contributed by atoms with E-state index in [2.05, 4.69) is 43.1 Å². The summed E-state index contributed by atoms with van der Waals surface area (Å²) in [5, 5.41) is 3.52. The lowest BCUT2D eigenvalue weighted by atomic mass is 10.0. The SMILES string of the molecule is CCc1cc(CNC(C)C)cc(N2CC3CCCC3C2)n1. The van der Waals surface area contributed by atoms with E-state index in [-0.39, 0.29) is 0 Å². The van der Waals surface area contributed by atoms with Crippen molar-refractivity contribution in [2.24, 2.45) is 11.8 Å². The maximum atomic E-state index is 4.89. The van der Waals surface area contributed by atoms with Gasteiger partial charge in [-0.3, -0.25) is 0 Å². The first kappa shape index (κ1) is 14.8. The van der Waals surface area contributed by atoms with Crippen LogP contribution in [0.5, 0.6) is 0 Å². The Morgan fingerprint density at radius 3 is 2.57 bits per heavy atom. The van der Waals surface area contributed by atoms with E-state index < -0.39 is 0 Å². The smallest absolute Gasteiger partial charge is 0.129 e. The Balaban J connectivity index is 1.76. The molecule has 0 bridgehead atoms. The molecule has 0 spiro atoms. The van der Waals surface area contributed by atoms with Crippen LogP contribution in [0.3, 0.4) is 0 Å². The first-order valence-electron chi connectivity index (χ1n) is 8.64. The summed E-state index contributed by atoms with van der Waals surface area (Å²) < 4.78 is 0. The maximum Gasteiger partial charge on any atom is 0.129 e. The van der Waals surface area contributed by atoms with Crippen molar-refractivity contribution in [3.8, 4) is 0 Å². The molecule has 1 aliphatic carbocycles. The van der Waals surface area contributed by atoms with Crippen LogP contribution < -0.4 is 10.2 Å². The van der Waals surface area contributed by atoms with Gasteiger partial charge in [0, 0.05) is 31.4 Å². The number of aryl methyl sites for hydroxylation is 1. The van der Waals surface area contributed by atoms with Crippen molar-refractivity contribution in [2.75, 3.05) is 18.0 Å². The van der Waals surface area contributed by atoms with E-state index in [1.807, 2.05) is 0 Å². The second-order valence-corrected chi connectivity index (χ2v) is 7.07. The summed E-state index contributed by atoms with van der Waals surface area (Å²) in [4.78, 5) is 7.42. The molecular formula is C18H29N3. The summed E-state index contributed by atoms with van der Waals surface area (Å²) in [7, 11) is 0. The van der Waals surface area contributed by atoms with Crippen LogP contribution in [-0.4, -0.2) is 24.1 Å². The van der Waals surface area contributed by atoms with Crippen LogP contribution in [0.15, 0.2) is 12.1 Å². The van der Waals surface area contributed by atoms with Crippen molar-refractivity contribution in [1.29, 1.82) is 0 Å². The minimum absolute atomic E-state index is 0.526.